The van der Waals surface area contributed by atoms with E-state index in [-0.39, 0.29) is 18.1 Å². The number of aliphatic hydroxyl groups excluding tert-OH is 1. The van der Waals surface area contributed by atoms with E-state index in [0.717, 1.165) is 25.9 Å². The molecule has 2 nitrogen and oxygen atoms in total. The van der Waals surface area contributed by atoms with E-state index in [1.807, 2.05) is 0 Å². The van der Waals surface area contributed by atoms with E-state index in [2.05, 4.69) is 65.6 Å². The van der Waals surface area contributed by atoms with Crippen molar-refractivity contribution in [3.63, 3.8) is 0 Å². The van der Waals surface area contributed by atoms with Gasteiger partial charge in [-0.1, -0.05) is 60.7 Å². The molecule has 0 radical (unpaired) electrons. The molecule has 3 aliphatic heterocycles. The number of fused-ring (bicyclic) bond motifs is 3. The van der Waals surface area contributed by atoms with Crippen molar-refractivity contribution in [2.75, 3.05) is 13.1 Å². The van der Waals surface area contributed by atoms with Crippen LogP contribution in [0.2, 0.25) is 0 Å². The largest absolute Gasteiger partial charge is 0.391 e. The third-order valence-corrected chi connectivity index (χ3v) is 5.49. The molecule has 3 aliphatic rings. The number of rotatable bonds is 3. The van der Waals surface area contributed by atoms with Crippen LogP contribution in [0.5, 0.6) is 0 Å². The van der Waals surface area contributed by atoms with Crippen molar-refractivity contribution in [3.8, 4) is 0 Å². The maximum absolute atomic E-state index is 10.9. The number of aliphatic hydroxyl groups is 1. The summed E-state index contributed by atoms with van der Waals surface area (Å²) in [5.41, 5.74) is 2.62. The molecule has 2 heteroatoms. The monoisotopic (exact) mass is 293 g/mol. The lowest BCUT2D eigenvalue weighted by atomic mass is 9.72. The fraction of sp³-hybridized carbons (Fsp3) is 0.400. The number of benzene rings is 2. The highest BCUT2D eigenvalue weighted by atomic mass is 16.3. The molecule has 2 bridgehead atoms. The van der Waals surface area contributed by atoms with Crippen molar-refractivity contribution < 1.29 is 5.11 Å². The second-order valence-electron chi connectivity index (χ2n) is 6.65. The van der Waals surface area contributed by atoms with Crippen LogP contribution in [0.15, 0.2) is 60.7 Å². The van der Waals surface area contributed by atoms with Gasteiger partial charge in [-0.05, 0) is 43.0 Å². The third kappa shape index (κ3) is 2.37. The zero-order valence-corrected chi connectivity index (χ0v) is 12.8. The number of hydrogen-bond donors (Lipinski definition) is 1. The lowest BCUT2D eigenvalue weighted by molar-refractivity contribution is -0.0775. The Kier molecular flexibility index (Phi) is 3.73. The van der Waals surface area contributed by atoms with Gasteiger partial charge in [0.05, 0.1) is 6.10 Å². The summed E-state index contributed by atoms with van der Waals surface area (Å²) in [5, 5.41) is 10.9. The normalized spacial score (nSPS) is 30.6. The molecule has 0 amide bonds. The zero-order valence-electron chi connectivity index (χ0n) is 12.8. The van der Waals surface area contributed by atoms with Crippen LogP contribution in [0, 0.1) is 5.92 Å². The van der Waals surface area contributed by atoms with E-state index in [1.165, 1.54) is 11.1 Å². The molecule has 22 heavy (non-hydrogen) atoms. The molecule has 0 aliphatic carbocycles. The summed E-state index contributed by atoms with van der Waals surface area (Å²) < 4.78 is 0. The van der Waals surface area contributed by atoms with Crippen LogP contribution in [0.1, 0.15) is 29.9 Å². The van der Waals surface area contributed by atoms with Gasteiger partial charge in [-0.25, -0.2) is 0 Å². The molecule has 0 aromatic heterocycles. The van der Waals surface area contributed by atoms with Gasteiger partial charge >= 0.3 is 0 Å². The van der Waals surface area contributed by atoms with Gasteiger partial charge in [0, 0.05) is 12.0 Å². The topological polar surface area (TPSA) is 23.5 Å². The van der Waals surface area contributed by atoms with Crippen molar-refractivity contribution >= 4 is 0 Å². The first-order valence-corrected chi connectivity index (χ1v) is 8.36. The van der Waals surface area contributed by atoms with Gasteiger partial charge in [0.2, 0.25) is 0 Å². The molecular weight excluding hydrogens is 270 g/mol. The first-order chi connectivity index (χ1) is 10.8. The molecule has 2 unspecified atom stereocenters. The Hall–Kier alpha value is -1.64. The van der Waals surface area contributed by atoms with Crippen LogP contribution >= 0.6 is 0 Å². The van der Waals surface area contributed by atoms with Crippen LogP contribution < -0.4 is 0 Å². The van der Waals surface area contributed by atoms with E-state index in [1.54, 1.807) is 0 Å². The summed E-state index contributed by atoms with van der Waals surface area (Å²) in [5.74, 6) is 0.727. The van der Waals surface area contributed by atoms with Crippen LogP contribution in [0.4, 0.5) is 0 Å². The van der Waals surface area contributed by atoms with E-state index in [0.29, 0.717) is 5.92 Å². The predicted molar refractivity (Wildman–Crippen MR) is 88.8 cm³/mol. The number of piperidine rings is 3. The average molecular weight is 293 g/mol. The Balaban J connectivity index is 1.78. The standard InChI is InChI=1S/C20H23NO/c22-20-17-11-13-21(14-12-17)19(20)18(15-7-3-1-4-8-15)16-9-5-2-6-10-16/h1-10,17-20,22H,11-14H2. The molecule has 1 N–H and O–H groups in total. The minimum atomic E-state index is -0.215. The minimum absolute atomic E-state index is 0.206. The fourth-order valence-corrected chi connectivity index (χ4v) is 4.37. The molecule has 0 saturated carbocycles. The molecule has 2 aromatic rings. The lowest BCUT2D eigenvalue weighted by Gasteiger charge is -2.51. The molecule has 5 rings (SSSR count). The van der Waals surface area contributed by atoms with Gasteiger partial charge in [-0.3, -0.25) is 4.90 Å². The maximum Gasteiger partial charge on any atom is 0.0733 e. The summed E-state index contributed by atoms with van der Waals surface area (Å²) in [6.45, 7) is 2.26. The first-order valence-electron chi connectivity index (χ1n) is 8.36. The van der Waals surface area contributed by atoms with Crippen LogP contribution in [0.25, 0.3) is 0 Å². The van der Waals surface area contributed by atoms with Crippen molar-refractivity contribution in [1.29, 1.82) is 0 Å². The number of hydrogen-bond acceptors (Lipinski definition) is 2. The lowest BCUT2D eigenvalue weighted by Crippen LogP contribution is -2.60. The average Bonchev–Trinajstić information content (AvgIpc) is 2.60. The highest BCUT2D eigenvalue weighted by molar-refractivity contribution is 5.35. The van der Waals surface area contributed by atoms with E-state index in [4.69, 9.17) is 0 Å². The summed E-state index contributed by atoms with van der Waals surface area (Å²) in [7, 11) is 0. The summed E-state index contributed by atoms with van der Waals surface area (Å²) in [6.07, 6.45) is 2.08. The van der Waals surface area contributed by atoms with Gasteiger partial charge < -0.3 is 5.11 Å². The third-order valence-electron chi connectivity index (χ3n) is 5.49. The van der Waals surface area contributed by atoms with Gasteiger partial charge in [-0.15, -0.1) is 0 Å². The van der Waals surface area contributed by atoms with Gasteiger partial charge in [0.15, 0.2) is 0 Å². The van der Waals surface area contributed by atoms with E-state index >= 15 is 0 Å². The van der Waals surface area contributed by atoms with Crippen LogP contribution in [-0.2, 0) is 0 Å². The highest BCUT2D eigenvalue weighted by Gasteiger charge is 2.45. The predicted octanol–water partition coefficient (Wildman–Crippen LogP) is 3.27. The van der Waals surface area contributed by atoms with E-state index in [9.17, 15) is 5.11 Å². The first kappa shape index (κ1) is 14.0. The second kappa shape index (κ2) is 5.86. The molecule has 114 valence electrons. The molecule has 2 atom stereocenters. The van der Waals surface area contributed by atoms with Crippen LogP contribution in [0.3, 0.4) is 0 Å². The zero-order chi connectivity index (χ0) is 14.9. The maximum atomic E-state index is 10.9. The van der Waals surface area contributed by atoms with Gasteiger partial charge in [0.25, 0.3) is 0 Å². The Bertz CT molecular complexity index is 563. The minimum Gasteiger partial charge on any atom is -0.391 e. The van der Waals surface area contributed by atoms with Crippen molar-refractivity contribution in [1.82, 2.24) is 4.90 Å². The Morgan fingerprint density at radius 2 is 1.32 bits per heavy atom. The molecular formula is C20H23NO. The summed E-state index contributed by atoms with van der Waals surface area (Å²) in [6, 6.07) is 21.6. The van der Waals surface area contributed by atoms with Crippen LogP contribution in [-0.4, -0.2) is 35.2 Å². The smallest absolute Gasteiger partial charge is 0.0733 e. The molecule has 3 fully saturated rings. The van der Waals surface area contributed by atoms with Crippen molar-refractivity contribution in [2.24, 2.45) is 5.92 Å². The Morgan fingerprint density at radius 1 is 0.818 bits per heavy atom. The van der Waals surface area contributed by atoms with Crippen molar-refractivity contribution in [2.45, 2.75) is 30.9 Å². The molecule has 3 heterocycles. The van der Waals surface area contributed by atoms with E-state index < -0.39 is 0 Å². The summed E-state index contributed by atoms with van der Waals surface area (Å²) in [4.78, 5) is 2.51. The van der Waals surface area contributed by atoms with Gasteiger partial charge in [0.1, 0.15) is 0 Å². The Morgan fingerprint density at radius 3 is 1.77 bits per heavy atom. The fourth-order valence-electron chi connectivity index (χ4n) is 4.37. The van der Waals surface area contributed by atoms with Crippen molar-refractivity contribution in [3.05, 3.63) is 71.8 Å². The molecule has 2 aromatic carbocycles. The molecule has 0 spiro atoms. The highest BCUT2D eigenvalue weighted by Crippen LogP contribution is 2.41. The summed E-state index contributed by atoms with van der Waals surface area (Å²) >= 11 is 0. The second-order valence-corrected chi connectivity index (χ2v) is 6.65. The Labute approximate surface area is 132 Å². The molecule has 3 saturated heterocycles. The number of nitrogens with zero attached hydrogens (tertiary/aromatic N) is 1. The quantitative estimate of drug-likeness (QED) is 0.939. The van der Waals surface area contributed by atoms with Gasteiger partial charge in [-0.2, -0.15) is 0 Å². The SMILES string of the molecule is OC1C2CCN(CC2)C1C(c1ccccc1)c1ccccc1.